The molecule has 0 atom stereocenters. The minimum Gasteiger partial charge on any atom is -0.350 e. The SMILES string of the molecule is Cc1nnc2c(N3CCN(C(=O)Cn4ncccc4=O)CC3)nccn12. The van der Waals surface area contributed by atoms with Crippen LogP contribution >= 0.6 is 0 Å². The van der Waals surface area contributed by atoms with Gasteiger partial charge in [-0.25, -0.2) is 9.67 Å². The number of amides is 1. The van der Waals surface area contributed by atoms with Crippen molar-refractivity contribution < 1.29 is 4.79 Å². The third-order valence-corrected chi connectivity index (χ3v) is 4.48. The molecule has 3 aromatic heterocycles. The molecule has 0 unspecified atom stereocenters. The Morgan fingerprint density at radius 3 is 2.73 bits per heavy atom. The smallest absolute Gasteiger partial charge is 0.267 e. The molecule has 0 saturated carbocycles. The van der Waals surface area contributed by atoms with Gasteiger partial charge in [0.15, 0.2) is 5.82 Å². The molecule has 10 nitrogen and oxygen atoms in total. The zero-order valence-electron chi connectivity index (χ0n) is 14.3. The van der Waals surface area contributed by atoms with E-state index in [0.29, 0.717) is 31.8 Å². The first-order chi connectivity index (χ1) is 12.6. The van der Waals surface area contributed by atoms with Crippen LogP contribution in [-0.2, 0) is 11.3 Å². The lowest BCUT2D eigenvalue weighted by atomic mass is 10.3. The van der Waals surface area contributed by atoms with Crippen LogP contribution in [0.1, 0.15) is 5.82 Å². The minimum atomic E-state index is -0.280. The first kappa shape index (κ1) is 16.2. The first-order valence-corrected chi connectivity index (χ1v) is 8.35. The van der Waals surface area contributed by atoms with Gasteiger partial charge in [0.1, 0.15) is 12.4 Å². The van der Waals surface area contributed by atoms with Gasteiger partial charge in [0.05, 0.1) is 0 Å². The summed E-state index contributed by atoms with van der Waals surface area (Å²) >= 11 is 0. The van der Waals surface area contributed by atoms with Crippen LogP contribution in [-0.4, -0.2) is 66.3 Å². The summed E-state index contributed by atoms with van der Waals surface area (Å²) < 4.78 is 3.07. The van der Waals surface area contributed by atoms with Gasteiger partial charge in [-0.1, -0.05) is 0 Å². The lowest BCUT2D eigenvalue weighted by molar-refractivity contribution is -0.132. The summed E-state index contributed by atoms with van der Waals surface area (Å²) in [5.41, 5.74) is 0.433. The Kier molecular flexibility index (Phi) is 4.07. The number of rotatable bonds is 3. The summed E-state index contributed by atoms with van der Waals surface area (Å²) in [6, 6.07) is 2.95. The molecule has 0 N–H and O–H groups in total. The van der Waals surface area contributed by atoms with Gasteiger partial charge in [-0.05, 0) is 13.0 Å². The van der Waals surface area contributed by atoms with E-state index in [2.05, 4.69) is 25.2 Å². The molecule has 1 saturated heterocycles. The molecule has 134 valence electrons. The molecule has 0 spiro atoms. The fraction of sp³-hybridized carbons (Fsp3) is 0.375. The number of carbonyl (C=O) groups is 1. The quantitative estimate of drug-likeness (QED) is 0.615. The summed E-state index contributed by atoms with van der Waals surface area (Å²) in [6.45, 7) is 4.23. The average Bonchev–Trinajstić information content (AvgIpc) is 3.05. The van der Waals surface area contributed by atoms with E-state index in [4.69, 9.17) is 0 Å². The normalized spacial score (nSPS) is 14.8. The third kappa shape index (κ3) is 2.89. The number of anilines is 1. The maximum Gasteiger partial charge on any atom is 0.267 e. The molecule has 1 aliphatic rings. The molecule has 4 heterocycles. The predicted molar refractivity (Wildman–Crippen MR) is 92.8 cm³/mol. The van der Waals surface area contributed by atoms with Gasteiger partial charge in [0.2, 0.25) is 11.6 Å². The summed E-state index contributed by atoms with van der Waals surface area (Å²) in [4.78, 5) is 32.4. The summed E-state index contributed by atoms with van der Waals surface area (Å²) in [7, 11) is 0. The van der Waals surface area contributed by atoms with Gasteiger partial charge >= 0.3 is 0 Å². The lowest BCUT2D eigenvalue weighted by Crippen LogP contribution is -2.50. The molecule has 0 bridgehead atoms. The van der Waals surface area contributed by atoms with Crippen molar-refractivity contribution in [2.24, 2.45) is 0 Å². The molecule has 1 amide bonds. The molecule has 26 heavy (non-hydrogen) atoms. The van der Waals surface area contributed by atoms with Crippen LogP contribution in [0.5, 0.6) is 0 Å². The Labute approximate surface area is 148 Å². The van der Waals surface area contributed by atoms with Crippen molar-refractivity contribution in [2.75, 3.05) is 31.1 Å². The van der Waals surface area contributed by atoms with Gasteiger partial charge in [-0.2, -0.15) is 5.10 Å². The van der Waals surface area contributed by atoms with Crippen molar-refractivity contribution in [1.29, 1.82) is 0 Å². The fourth-order valence-corrected chi connectivity index (χ4v) is 3.05. The molecule has 0 aliphatic carbocycles. The second-order valence-corrected chi connectivity index (χ2v) is 6.08. The number of fused-ring (bicyclic) bond motifs is 1. The largest absolute Gasteiger partial charge is 0.350 e. The summed E-state index contributed by atoms with van der Waals surface area (Å²) in [6.07, 6.45) is 5.06. The minimum absolute atomic E-state index is 0.0448. The van der Waals surface area contributed by atoms with Gasteiger partial charge < -0.3 is 9.80 Å². The van der Waals surface area contributed by atoms with Gasteiger partial charge in [-0.15, -0.1) is 10.2 Å². The van der Waals surface area contributed by atoms with E-state index in [1.807, 2.05) is 17.5 Å². The molecule has 1 fully saturated rings. The summed E-state index contributed by atoms with van der Waals surface area (Å²) in [5, 5.41) is 12.2. The third-order valence-electron chi connectivity index (χ3n) is 4.48. The Morgan fingerprint density at radius 1 is 1.15 bits per heavy atom. The van der Waals surface area contributed by atoms with Crippen LogP contribution in [0.3, 0.4) is 0 Å². The zero-order valence-corrected chi connectivity index (χ0v) is 14.3. The number of nitrogens with zero attached hydrogens (tertiary/aromatic N) is 8. The van der Waals surface area contributed by atoms with E-state index in [-0.39, 0.29) is 18.0 Å². The van der Waals surface area contributed by atoms with Gasteiger partial charge in [-0.3, -0.25) is 14.0 Å². The van der Waals surface area contributed by atoms with Crippen LogP contribution < -0.4 is 10.5 Å². The molecular weight excluding hydrogens is 336 g/mol. The van der Waals surface area contributed by atoms with Crippen molar-refractivity contribution in [3.63, 3.8) is 0 Å². The highest BCUT2D eigenvalue weighted by Crippen LogP contribution is 2.19. The highest BCUT2D eigenvalue weighted by atomic mass is 16.2. The number of piperazine rings is 1. The molecule has 10 heteroatoms. The second kappa shape index (κ2) is 6.54. The van der Waals surface area contributed by atoms with Crippen LogP contribution in [0.2, 0.25) is 0 Å². The average molecular weight is 354 g/mol. The number of hydrogen-bond donors (Lipinski definition) is 0. The fourth-order valence-electron chi connectivity index (χ4n) is 3.05. The molecule has 4 rings (SSSR count). The topological polar surface area (TPSA) is 102 Å². The van der Waals surface area contributed by atoms with Crippen LogP contribution in [0, 0.1) is 6.92 Å². The van der Waals surface area contributed by atoms with Crippen molar-refractivity contribution in [3.05, 3.63) is 46.9 Å². The van der Waals surface area contributed by atoms with Crippen LogP contribution in [0.15, 0.2) is 35.5 Å². The molecule has 0 radical (unpaired) electrons. The van der Waals surface area contributed by atoms with Crippen molar-refractivity contribution in [2.45, 2.75) is 13.5 Å². The molecule has 1 aliphatic heterocycles. The first-order valence-electron chi connectivity index (χ1n) is 8.35. The Balaban J connectivity index is 1.44. The van der Waals surface area contributed by atoms with E-state index >= 15 is 0 Å². The maximum absolute atomic E-state index is 12.4. The standard InChI is InChI=1S/C16H18N8O2/c1-12-19-20-16-15(17-5-6-23(12)16)22-9-7-21(8-10-22)14(26)11-24-13(25)3-2-4-18-24/h2-6H,7-11H2,1H3. The maximum atomic E-state index is 12.4. The lowest BCUT2D eigenvalue weighted by Gasteiger charge is -2.35. The Morgan fingerprint density at radius 2 is 1.96 bits per heavy atom. The van der Waals surface area contributed by atoms with E-state index in [1.54, 1.807) is 17.2 Å². The van der Waals surface area contributed by atoms with E-state index in [1.165, 1.54) is 16.9 Å². The number of aryl methyl sites for hydroxylation is 1. The summed E-state index contributed by atoms with van der Waals surface area (Å²) in [5.74, 6) is 1.45. The van der Waals surface area contributed by atoms with Crippen LogP contribution in [0.4, 0.5) is 5.82 Å². The molecule has 0 aromatic carbocycles. The van der Waals surface area contributed by atoms with Crippen molar-refractivity contribution >= 4 is 17.4 Å². The highest BCUT2D eigenvalue weighted by molar-refractivity contribution is 5.76. The zero-order chi connectivity index (χ0) is 18.1. The van der Waals surface area contributed by atoms with Gasteiger partial charge in [0.25, 0.3) is 5.56 Å². The van der Waals surface area contributed by atoms with E-state index < -0.39 is 0 Å². The number of aromatic nitrogens is 6. The van der Waals surface area contributed by atoms with E-state index in [9.17, 15) is 9.59 Å². The second-order valence-electron chi connectivity index (χ2n) is 6.08. The number of hydrogen-bond acceptors (Lipinski definition) is 7. The predicted octanol–water partition coefficient (Wildman–Crippen LogP) is -0.662. The Bertz CT molecular complexity index is 1000. The molecule has 3 aromatic rings. The highest BCUT2D eigenvalue weighted by Gasteiger charge is 2.24. The van der Waals surface area contributed by atoms with Gasteiger partial charge in [0, 0.05) is 50.8 Å². The van der Waals surface area contributed by atoms with Crippen molar-refractivity contribution in [3.8, 4) is 0 Å². The molecular formula is C16H18N8O2. The monoisotopic (exact) mass is 354 g/mol. The number of carbonyl (C=O) groups excluding carboxylic acids is 1. The van der Waals surface area contributed by atoms with Crippen LogP contribution in [0.25, 0.3) is 5.65 Å². The Hall–Kier alpha value is -3.30. The van der Waals surface area contributed by atoms with Crippen molar-refractivity contribution in [1.82, 2.24) is 34.3 Å². The van der Waals surface area contributed by atoms with E-state index in [0.717, 1.165) is 11.6 Å².